The van der Waals surface area contributed by atoms with Crippen molar-refractivity contribution in [2.45, 2.75) is 31.8 Å². The van der Waals surface area contributed by atoms with Crippen molar-refractivity contribution in [2.75, 3.05) is 19.6 Å². The highest BCUT2D eigenvalue weighted by atomic mass is 32.1. The summed E-state index contributed by atoms with van der Waals surface area (Å²) in [7, 11) is 0. The number of carbonyl (C=O) groups is 2. The zero-order chi connectivity index (χ0) is 14.4. The van der Waals surface area contributed by atoms with E-state index in [9.17, 15) is 14.7 Å². The topological polar surface area (TPSA) is 69.6 Å². The molecule has 2 N–H and O–H groups in total. The lowest BCUT2D eigenvalue weighted by molar-refractivity contribution is -0.133. The van der Waals surface area contributed by atoms with Crippen molar-refractivity contribution < 1.29 is 14.7 Å². The van der Waals surface area contributed by atoms with Crippen LogP contribution in [0.2, 0.25) is 0 Å². The van der Waals surface area contributed by atoms with Gasteiger partial charge in [0.15, 0.2) is 0 Å². The van der Waals surface area contributed by atoms with Crippen LogP contribution >= 0.6 is 11.3 Å². The number of aliphatic hydroxyl groups excluding tert-OH is 1. The Bertz CT molecular complexity index is 439. The Labute approximate surface area is 122 Å². The zero-order valence-electron chi connectivity index (χ0n) is 11.4. The molecule has 20 heavy (non-hydrogen) atoms. The number of nitrogens with zero attached hydrogens (tertiary/aromatic N) is 1. The Morgan fingerprint density at radius 3 is 2.80 bits per heavy atom. The molecular weight excluding hydrogens is 276 g/mol. The third kappa shape index (κ3) is 4.31. The smallest absolute Gasteiger partial charge is 0.261 e. The Balaban J connectivity index is 1.61. The van der Waals surface area contributed by atoms with Crippen LogP contribution < -0.4 is 5.32 Å². The van der Waals surface area contributed by atoms with Gasteiger partial charge in [-0.2, -0.15) is 0 Å². The summed E-state index contributed by atoms with van der Waals surface area (Å²) < 4.78 is 0. The summed E-state index contributed by atoms with van der Waals surface area (Å²) in [5.41, 5.74) is 0. The number of nitrogens with one attached hydrogen (secondary N) is 1. The maximum absolute atomic E-state index is 11.9. The van der Waals surface area contributed by atoms with Gasteiger partial charge in [-0.05, 0) is 30.7 Å². The van der Waals surface area contributed by atoms with Gasteiger partial charge in [-0.15, -0.1) is 11.3 Å². The highest BCUT2D eigenvalue weighted by Crippen LogP contribution is 2.11. The van der Waals surface area contributed by atoms with Gasteiger partial charge in [-0.3, -0.25) is 9.59 Å². The summed E-state index contributed by atoms with van der Waals surface area (Å²) in [6.07, 6.45) is 2.17. The fourth-order valence-electron chi connectivity index (χ4n) is 2.21. The van der Waals surface area contributed by atoms with E-state index in [0.717, 1.165) is 0 Å². The molecule has 110 valence electrons. The molecule has 0 bridgehead atoms. The van der Waals surface area contributed by atoms with E-state index < -0.39 is 0 Å². The highest BCUT2D eigenvalue weighted by Gasteiger charge is 2.20. The number of carbonyl (C=O) groups excluding carboxylic acids is 2. The summed E-state index contributed by atoms with van der Waals surface area (Å²) in [5.74, 6) is 0.0378. The number of thiophene rings is 1. The molecular formula is C14H20N2O3S. The van der Waals surface area contributed by atoms with Crippen molar-refractivity contribution >= 4 is 23.2 Å². The van der Waals surface area contributed by atoms with E-state index in [1.165, 1.54) is 11.3 Å². The van der Waals surface area contributed by atoms with Crippen LogP contribution in [0.15, 0.2) is 17.5 Å². The van der Waals surface area contributed by atoms with Crippen molar-refractivity contribution in [2.24, 2.45) is 0 Å². The average Bonchev–Trinajstić information content (AvgIpc) is 2.98. The minimum absolute atomic E-state index is 0.0754. The van der Waals surface area contributed by atoms with Crippen LogP contribution in [0, 0.1) is 0 Å². The third-order valence-corrected chi connectivity index (χ3v) is 4.28. The van der Waals surface area contributed by atoms with Gasteiger partial charge in [-0.1, -0.05) is 6.07 Å². The molecule has 0 aliphatic carbocycles. The molecule has 1 aliphatic heterocycles. The van der Waals surface area contributed by atoms with E-state index in [1.807, 2.05) is 11.4 Å². The van der Waals surface area contributed by atoms with Crippen LogP contribution in [0.3, 0.4) is 0 Å². The lowest BCUT2D eigenvalue weighted by Gasteiger charge is -2.29. The third-order valence-electron chi connectivity index (χ3n) is 3.42. The van der Waals surface area contributed by atoms with E-state index in [2.05, 4.69) is 5.32 Å². The summed E-state index contributed by atoms with van der Waals surface area (Å²) in [5, 5.41) is 14.1. The number of hydrogen-bond acceptors (Lipinski definition) is 4. The van der Waals surface area contributed by atoms with E-state index in [-0.39, 0.29) is 17.9 Å². The largest absolute Gasteiger partial charge is 0.393 e. The standard InChI is InChI=1S/C14H20N2O3S/c17-11-5-8-16(9-6-11)13(18)4-1-7-15-14(19)12-3-2-10-20-12/h2-3,10-11,17H,1,4-9H2,(H,15,19). The van der Waals surface area contributed by atoms with Crippen LogP contribution in [0.5, 0.6) is 0 Å². The lowest BCUT2D eigenvalue weighted by Crippen LogP contribution is -2.40. The van der Waals surface area contributed by atoms with E-state index in [4.69, 9.17) is 0 Å². The van der Waals surface area contributed by atoms with Crippen LogP contribution in [-0.2, 0) is 4.79 Å². The number of piperidine rings is 1. The van der Waals surface area contributed by atoms with Gasteiger partial charge >= 0.3 is 0 Å². The van der Waals surface area contributed by atoms with Crippen LogP contribution in [0.1, 0.15) is 35.4 Å². The summed E-state index contributed by atoms with van der Waals surface area (Å²) in [4.78, 5) is 26.1. The normalized spacial score (nSPS) is 16.1. The molecule has 0 radical (unpaired) electrons. The first-order chi connectivity index (χ1) is 9.66. The van der Waals surface area contributed by atoms with Gasteiger partial charge in [0.05, 0.1) is 11.0 Å². The van der Waals surface area contributed by atoms with Crippen LogP contribution in [0.25, 0.3) is 0 Å². The van der Waals surface area contributed by atoms with Crippen molar-refractivity contribution in [3.63, 3.8) is 0 Å². The number of likely N-dealkylation sites (tertiary alicyclic amines) is 1. The average molecular weight is 296 g/mol. The van der Waals surface area contributed by atoms with Gasteiger partial charge in [0, 0.05) is 26.1 Å². The molecule has 5 nitrogen and oxygen atoms in total. The first-order valence-corrected chi connectivity index (χ1v) is 7.82. The van der Waals surface area contributed by atoms with Crippen molar-refractivity contribution in [1.29, 1.82) is 0 Å². The second-order valence-electron chi connectivity index (χ2n) is 4.95. The first kappa shape index (κ1) is 15.0. The van der Waals surface area contributed by atoms with Crippen molar-refractivity contribution in [3.05, 3.63) is 22.4 Å². The van der Waals surface area contributed by atoms with Gasteiger partial charge in [-0.25, -0.2) is 0 Å². The summed E-state index contributed by atoms with van der Waals surface area (Å²) >= 11 is 1.41. The molecule has 0 unspecified atom stereocenters. The molecule has 1 aromatic heterocycles. The summed E-state index contributed by atoms with van der Waals surface area (Å²) in [6, 6.07) is 3.62. The second-order valence-corrected chi connectivity index (χ2v) is 5.90. The summed E-state index contributed by atoms with van der Waals surface area (Å²) in [6.45, 7) is 1.79. The molecule has 2 amide bonds. The Kier molecular flexibility index (Phi) is 5.55. The molecule has 0 saturated carbocycles. The van der Waals surface area contributed by atoms with Crippen LogP contribution in [-0.4, -0.2) is 47.6 Å². The minimum Gasteiger partial charge on any atom is -0.393 e. The number of aliphatic hydroxyl groups is 1. The van der Waals surface area contributed by atoms with Crippen LogP contribution in [0.4, 0.5) is 0 Å². The Morgan fingerprint density at radius 2 is 2.15 bits per heavy atom. The number of rotatable bonds is 5. The minimum atomic E-state index is -0.260. The van der Waals surface area contributed by atoms with Gasteiger partial charge < -0.3 is 15.3 Å². The number of amides is 2. The Hall–Kier alpha value is -1.40. The molecule has 0 aromatic carbocycles. The molecule has 1 fully saturated rings. The van der Waals surface area contributed by atoms with Gasteiger partial charge in [0.2, 0.25) is 5.91 Å². The van der Waals surface area contributed by atoms with Gasteiger partial charge in [0.1, 0.15) is 0 Å². The first-order valence-electron chi connectivity index (χ1n) is 6.94. The SMILES string of the molecule is O=C(NCCCC(=O)N1CCC(O)CC1)c1cccs1. The molecule has 0 atom stereocenters. The monoisotopic (exact) mass is 296 g/mol. The molecule has 6 heteroatoms. The zero-order valence-corrected chi connectivity index (χ0v) is 12.2. The van der Waals surface area contributed by atoms with E-state index in [0.29, 0.717) is 50.2 Å². The molecule has 1 aromatic rings. The highest BCUT2D eigenvalue weighted by molar-refractivity contribution is 7.12. The number of hydrogen-bond donors (Lipinski definition) is 2. The quantitative estimate of drug-likeness (QED) is 0.803. The fraction of sp³-hybridized carbons (Fsp3) is 0.571. The van der Waals surface area contributed by atoms with E-state index >= 15 is 0 Å². The molecule has 2 rings (SSSR count). The van der Waals surface area contributed by atoms with Crippen molar-refractivity contribution in [1.82, 2.24) is 10.2 Å². The van der Waals surface area contributed by atoms with Gasteiger partial charge in [0.25, 0.3) is 5.91 Å². The molecule has 1 aliphatic rings. The lowest BCUT2D eigenvalue weighted by atomic mass is 10.1. The van der Waals surface area contributed by atoms with Crippen molar-refractivity contribution in [3.8, 4) is 0 Å². The molecule has 2 heterocycles. The predicted octanol–water partition coefficient (Wildman–Crippen LogP) is 1.24. The predicted molar refractivity (Wildman–Crippen MR) is 77.7 cm³/mol. The van der Waals surface area contributed by atoms with E-state index in [1.54, 1.807) is 11.0 Å². The molecule has 1 saturated heterocycles. The Morgan fingerprint density at radius 1 is 1.40 bits per heavy atom. The molecule has 0 spiro atoms. The maximum atomic E-state index is 11.9. The maximum Gasteiger partial charge on any atom is 0.261 e. The second kappa shape index (κ2) is 7.40. The fourth-order valence-corrected chi connectivity index (χ4v) is 2.85.